The molecule has 3 rings (SSSR count). The molecule has 2 aromatic carbocycles. The number of hydrogen-bond donors (Lipinski definition) is 2. The molecule has 0 bridgehead atoms. The molecule has 98 valence electrons. The molecule has 2 aromatic rings. The predicted octanol–water partition coefficient (Wildman–Crippen LogP) is 2.51. The van der Waals surface area contributed by atoms with E-state index in [-0.39, 0.29) is 0 Å². The maximum atomic E-state index is 3.60. The molecule has 0 amide bonds. The first kappa shape index (κ1) is 12.4. The molecule has 1 atom stereocenters. The van der Waals surface area contributed by atoms with Crippen LogP contribution in [0.15, 0.2) is 54.6 Å². The lowest BCUT2D eigenvalue weighted by molar-refractivity contribution is 0.428. The lowest BCUT2D eigenvalue weighted by Gasteiger charge is -2.26. The predicted molar refractivity (Wildman–Crippen MR) is 79.3 cm³/mol. The Hall–Kier alpha value is -1.64. The van der Waals surface area contributed by atoms with E-state index in [9.17, 15) is 0 Å². The van der Waals surface area contributed by atoms with Gasteiger partial charge in [-0.05, 0) is 23.1 Å². The Morgan fingerprint density at radius 3 is 2.47 bits per heavy atom. The summed E-state index contributed by atoms with van der Waals surface area (Å²) >= 11 is 0. The van der Waals surface area contributed by atoms with Gasteiger partial charge in [0.25, 0.3) is 0 Å². The summed E-state index contributed by atoms with van der Waals surface area (Å²) in [5, 5.41) is 7.06. The van der Waals surface area contributed by atoms with E-state index in [0.717, 1.165) is 26.1 Å². The fourth-order valence-corrected chi connectivity index (χ4v) is 2.72. The van der Waals surface area contributed by atoms with E-state index in [1.54, 1.807) is 0 Å². The Morgan fingerprint density at radius 2 is 1.68 bits per heavy atom. The molecule has 0 saturated carbocycles. The van der Waals surface area contributed by atoms with Gasteiger partial charge in [-0.25, -0.2) is 0 Å². The highest BCUT2D eigenvalue weighted by Gasteiger charge is 2.16. The lowest BCUT2D eigenvalue weighted by Crippen LogP contribution is -2.42. The van der Waals surface area contributed by atoms with Crippen LogP contribution in [-0.4, -0.2) is 19.6 Å². The zero-order valence-corrected chi connectivity index (χ0v) is 11.1. The number of piperazine rings is 1. The van der Waals surface area contributed by atoms with Gasteiger partial charge in [0, 0.05) is 25.7 Å². The molecule has 19 heavy (non-hydrogen) atoms. The Labute approximate surface area is 114 Å². The second-order valence-electron chi connectivity index (χ2n) is 5.07. The second kappa shape index (κ2) is 6.00. The largest absolute Gasteiger partial charge is 0.314 e. The normalized spacial score (nSPS) is 19.3. The van der Waals surface area contributed by atoms with Crippen molar-refractivity contribution in [3.05, 3.63) is 71.3 Å². The van der Waals surface area contributed by atoms with Crippen molar-refractivity contribution >= 4 is 0 Å². The average molecular weight is 252 g/mol. The van der Waals surface area contributed by atoms with E-state index >= 15 is 0 Å². The zero-order chi connectivity index (χ0) is 12.9. The summed E-state index contributed by atoms with van der Waals surface area (Å²) in [6.07, 6.45) is 1.01. The van der Waals surface area contributed by atoms with Crippen LogP contribution in [0.5, 0.6) is 0 Å². The molecule has 1 fully saturated rings. The van der Waals surface area contributed by atoms with Crippen molar-refractivity contribution in [1.82, 2.24) is 10.6 Å². The Bertz CT molecular complexity index is 516. The van der Waals surface area contributed by atoms with Gasteiger partial charge < -0.3 is 10.6 Å². The third-order valence-corrected chi connectivity index (χ3v) is 3.71. The first-order valence-corrected chi connectivity index (χ1v) is 6.99. The summed E-state index contributed by atoms with van der Waals surface area (Å²) in [7, 11) is 0. The van der Waals surface area contributed by atoms with Crippen molar-refractivity contribution in [2.75, 3.05) is 19.6 Å². The third-order valence-electron chi connectivity index (χ3n) is 3.71. The van der Waals surface area contributed by atoms with Gasteiger partial charge in [-0.3, -0.25) is 0 Å². The molecule has 2 heteroatoms. The van der Waals surface area contributed by atoms with Gasteiger partial charge in [0.05, 0.1) is 0 Å². The summed E-state index contributed by atoms with van der Waals surface area (Å²) in [4.78, 5) is 0. The molecule has 0 aliphatic carbocycles. The van der Waals surface area contributed by atoms with Crippen LogP contribution in [0.1, 0.15) is 22.7 Å². The van der Waals surface area contributed by atoms with Crippen molar-refractivity contribution in [3.63, 3.8) is 0 Å². The van der Waals surface area contributed by atoms with Crippen LogP contribution in [0.25, 0.3) is 0 Å². The lowest BCUT2D eigenvalue weighted by atomic mass is 9.94. The minimum atomic E-state index is 0.439. The molecule has 1 aliphatic heterocycles. The Balaban J connectivity index is 1.84. The van der Waals surface area contributed by atoms with Crippen LogP contribution in [0.4, 0.5) is 0 Å². The van der Waals surface area contributed by atoms with E-state index in [0.29, 0.717) is 6.04 Å². The molecule has 0 spiro atoms. The van der Waals surface area contributed by atoms with Gasteiger partial charge in [-0.1, -0.05) is 54.6 Å². The van der Waals surface area contributed by atoms with E-state index in [1.165, 1.54) is 16.7 Å². The molecule has 2 N–H and O–H groups in total. The molecule has 1 unspecified atom stereocenters. The monoisotopic (exact) mass is 252 g/mol. The second-order valence-corrected chi connectivity index (χ2v) is 5.07. The minimum Gasteiger partial charge on any atom is -0.314 e. The molecule has 0 aromatic heterocycles. The number of nitrogens with one attached hydrogen (secondary N) is 2. The standard InChI is InChI=1S/C17H20N2/c1-2-6-14(7-3-1)12-15-8-4-5-9-16(15)17-13-18-10-11-19-17/h1-9,17-19H,10-13H2. The summed E-state index contributed by atoms with van der Waals surface area (Å²) in [6.45, 7) is 3.13. The average Bonchev–Trinajstić information content (AvgIpc) is 2.50. The maximum Gasteiger partial charge on any atom is 0.0450 e. The van der Waals surface area contributed by atoms with Crippen LogP contribution < -0.4 is 10.6 Å². The smallest absolute Gasteiger partial charge is 0.0450 e. The van der Waals surface area contributed by atoms with E-state index in [4.69, 9.17) is 0 Å². The minimum absolute atomic E-state index is 0.439. The van der Waals surface area contributed by atoms with Crippen LogP contribution in [0.3, 0.4) is 0 Å². The van der Waals surface area contributed by atoms with Gasteiger partial charge in [-0.15, -0.1) is 0 Å². The fourth-order valence-electron chi connectivity index (χ4n) is 2.72. The first-order valence-electron chi connectivity index (χ1n) is 6.99. The fraction of sp³-hybridized carbons (Fsp3) is 0.294. The van der Waals surface area contributed by atoms with E-state index in [1.807, 2.05) is 0 Å². The highest BCUT2D eigenvalue weighted by Crippen LogP contribution is 2.21. The van der Waals surface area contributed by atoms with Gasteiger partial charge in [0.1, 0.15) is 0 Å². The van der Waals surface area contributed by atoms with Crippen LogP contribution >= 0.6 is 0 Å². The zero-order valence-electron chi connectivity index (χ0n) is 11.1. The summed E-state index contributed by atoms with van der Waals surface area (Å²) in [5.74, 6) is 0. The summed E-state index contributed by atoms with van der Waals surface area (Å²) in [5.41, 5.74) is 4.23. The van der Waals surface area contributed by atoms with Crippen molar-refractivity contribution in [3.8, 4) is 0 Å². The molecular formula is C17H20N2. The molecule has 0 radical (unpaired) electrons. The van der Waals surface area contributed by atoms with Crippen LogP contribution in [0.2, 0.25) is 0 Å². The number of rotatable bonds is 3. The van der Waals surface area contributed by atoms with E-state index in [2.05, 4.69) is 65.2 Å². The van der Waals surface area contributed by atoms with Crippen molar-refractivity contribution < 1.29 is 0 Å². The number of hydrogen-bond acceptors (Lipinski definition) is 2. The van der Waals surface area contributed by atoms with Crippen LogP contribution in [0, 0.1) is 0 Å². The third kappa shape index (κ3) is 3.03. The van der Waals surface area contributed by atoms with Crippen molar-refractivity contribution in [1.29, 1.82) is 0 Å². The Morgan fingerprint density at radius 1 is 0.895 bits per heavy atom. The van der Waals surface area contributed by atoms with Gasteiger partial charge >= 0.3 is 0 Å². The molecule has 2 nitrogen and oxygen atoms in total. The van der Waals surface area contributed by atoms with Crippen molar-refractivity contribution in [2.45, 2.75) is 12.5 Å². The van der Waals surface area contributed by atoms with Crippen LogP contribution in [-0.2, 0) is 6.42 Å². The van der Waals surface area contributed by atoms with Gasteiger partial charge in [0.2, 0.25) is 0 Å². The summed E-state index contributed by atoms with van der Waals surface area (Å²) in [6, 6.07) is 19.9. The SMILES string of the molecule is c1ccc(Cc2ccccc2C2CNCCN2)cc1. The molecular weight excluding hydrogens is 232 g/mol. The molecule has 1 aliphatic rings. The van der Waals surface area contributed by atoms with Gasteiger partial charge in [-0.2, -0.15) is 0 Å². The van der Waals surface area contributed by atoms with E-state index < -0.39 is 0 Å². The maximum absolute atomic E-state index is 3.60. The molecule has 1 saturated heterocycles. The molecule has 1 heterocycles. The highest BCUT2D eigenvalue weighted by molar-refractivity contribution is 5.35. The Kier molecular flexibility index (Phi) is 3.92. The highest BCUT2D eigenvalue weighted by atomic mass is 15.1. The quantitative estimate of drug-likeness (QED) is 0.877. The first-order chi connectivity index (χ1) is 9.43. The van der Waals surface area contributed by atoms with Crippen molar-refractivity contribution in [2.24, 2.45) is 0 Å². The summed E-state index contributed by atoms with van der Waals surface area (Å²) < 4.78 is 0. The number of benzene rings is 2. The topological polar surface area (TPSA) is 24.1 Å². The van der Waals surface area contributed by atoms with Gasteiger partial charge in [0.15, 0.2) is 0 Å².